The first-order chi connectivity index (χ1) is 11.8. The third kappa shape index (κ3) is 8.27. The number of benzene rings is 2. The van der Waals surface area contributed by atoms with Crippen LogP contribution in [0.15, 0.2) is 58.4 Å². The zero-order chi connectivity index (χ0) is 19.5. The van der Waals surface area contributed by atoms with Gasteiger partial charge in [0.05, 0.1) is 4.90 Å². The molecule has 0 aliphatic heterocycles. The zero-order valence-corrected chi connectivity index (χ0v) is 16.6. The Kier molecular flexibility index (Phi) is 10.1. The smallest absolute Gasteiger partial charge is 0.175 e. The second-order valence-electron chi connectivity index (χ2n) is 5.14. The Balaban J connectivity index is 0.000000421. The largest absolute Gasteiger partial charge is 0.277 e. The highest BCUT2D eigenvalue weighted by Crippen LogP contribution is 2.08. The zero-order valence-electron chi connectivity index (χ0n) is 15.7. The molecule has 0 spiro atoms. The van der Waals surface area contributed by atoms with Gasteiger partial charge in [-0.25, -0.2) is 8.42 Å². The summed E-state index contributed by atoms with van der Waals surface area (Å²) in [6.45, 7) is 7.94. The molecule has 0 aromatic heterocycles. The van der Waals surface area contributed by atoms with Crippen molar-refractivity contribution in [3.05, 3.63) is 65.2 Å². The molecule has 2 aromatic rings. The number of aryl methyl sites for hydroxylation is 2. The van der Waals surface area contributed by atoms with E-state index in [0.717, 1.165) is 11.1 Å². The molecule has 0 heterocycles. The molecule has 4 nitrogen and oxygen atoms in total. The van der Waals surface area contributed by atoms with Crippen molar-refractivity contribution in [3.63, 3.8) is 0 Å². The molecule has 0 aliphatic rings. The summed E-state index contributed by atoms with van der Waals surface area (Å²) in [4.78, 5) is 4.24. The molecule has 0 fully saturated rings. The molecule has 0 atom stereocenters. The van der Waals surface area contributed by atoms with Crippen molar-refractivity contribution in [1.82, 2.24) is 0 Å². The van der Waals surface area contributed by atoms with Gasteiger partial charge in [-0.15, -0.1) is 0 Å². The quantitative estimate of drug-likeness (QED) is 0.749. The van der Waals surface area contributed by atoms with Gasteiger partial charge in [-0.3, -0.25) is 4.99 Å². The second kappa shape index (κ2) is 11.2. The SMILES string of the molecule is CC.CN=C(C#N)c1ccc(C)cc1.Cc1ccc(S(C)(=O)=O)cc1. The molecule has 0 aliphatic carbocycles. The number of sulfone groups is 1. The molecule has 134 valence electrons. The van der Waals surface area contributed by atoms with Gasteiger partial charge in [-0.05, 0) is 26.0 Å². The Bertz CT molecular complexity index is 813. The molecule has 0 amide bonds. The van der Waals surface area contributed by atoms with E-state index in [1.165, 1.54) is 11.8 Å². The number of hydrogen-bond donors (Lipinski definition) is 0. The number of aliphatic imine (C=N–C) groups is 1. The summed E-state index contributed by atoms with van der Waals surface area (Å²) in [5.74, 6) is 0. The minimum Gasteiger partial charge on any atom is -0.277 e. The summed E-state index contributed by atoms with van der Waals surface area (Å²) >= 11 is 0. The summed E-state index contributed by atoms with van der Waals surface area (Å²) < 4.78 is 21.9. The fraction of sp³-hybridized carbons (Fsp3) is 0.300. The van der Waals surface area contributed by atoms with Crippen molar-refractivity contribution in [3.8, 4) is 6.07 Å². The Hall–Kier alpha value is -2.45. The van der Waals surface area contributed by atoms with Crippen LogP contribution in [0.2, 0.25) is 0 Å². The van der Waals surface area contributed by atoms with Crippen LogP contribution in [0.3, 0.4) is 0 Å². The monoisotopic (exact) mass is 358 g/mol. The maximum absolute atomic E-state index is 10.9. The molecular weight excluding hydrogens is 332 g/mol. The third-order valence-electron chi connectivity index (χ3n) is 3.10. The number of hydrogen-bond acceptors (Lipinski definition) is 4. The average molecular weight is 359 g/mol. The first kappa shape index (κ1) is 22.6. The molecule has 2 aromatic carbocycles. The molecule has 0 N–H and O–H groups in total. The van der Waals surface area contributed by atoms with E-state index in [2.05, 4.69) is 4.99 Å². The number of nitrogens with zero attached hydrogens (tertiary/aromatic N) is 2. The molecule has 25 heavy (non-hydrogen) atoms. The van der Waals surface area contributed by atoms with Gasteiger partial charge in [0.15, 0.2) is 9.84 Å². The van der Waals surface area contributed by atoms with Crippen LogP contribution in [0.1, 0.15) is 30.5 Å². The van der Waals surface area contributed by atoms with Gasteiger partial charge in [0, 0.05) is 18.9 Å². The molecule has 0 radical (unpaired) electrons. The lowest BCUT2D eigenvalue weighted by atomic mass is 10.1. The Labute approximate surface area is 151 Å². The lowest BCUT2D eigenvalue weighted by molar-refractivity contribution is 0.602. The van der Waals surface area contributed by atoms with Gasteiger partial charge in [-0.1, -0.05) is 61.4 Å². The van der Waals surface area contributed by atoms with E-state index in [9.17, 15) is 8.42 Å². The van der Waals surface area contributed by atoms with Crippen molar-refractivity contribution in [2.24, 2.45) is 4.99 Å². The molecule has 0 bridgehead atoms. The number of nitriles is 1. The van der Waals surface area contributed by atoms with E-state index in [0.29, 0.717) is 10.6 Å². The van der Waals surface area contributed by atoms with Crippen molar-refractivity contribution < 1.29 is 8.42 Å². The summed E-state index contributed by atoms with van der Waals surface area (Å²) in [6, 6.07) is 16.6. The van der Waals surface area contributed by atoms with E-state index >= 15 is 0 Å². The molecule has 0 unspecified atom stereocenters. The van der Waals surface area contributed by atoms with Crippen LogP contribution >= 0.6 is 0 Å². The van der Waals surface area contributed by atoms with Gasteiger partial charge >= 0.3 is 0 Å². The van der Waals surface area contributed by atoms with Gasteiger partial charge in [-0.2, -0.15) is 5.26 Å². The normalized spacial score (nSPS) is 10.5. The summed E-state index contributed by atoms with van der Waals surface area (Å²) in [5, 5.41) is 8.67. The Morgan fingerprint density at radius 1 is 0.920 bits per heavy atom. The highest BCUT2D eigenvalue weighted by atomic mass is 32.2. The van der Waals surface area contributed by atoms with Crippen LogP contribution < -0.4 is 0 Å². The fourth-order valence-electron chi connectivity index (χ4n) is 1.74. The van der Waals surface area contributed by atoms with Crippen LogP contribution in [0.25, 0.3) is 0 Å². The summed E-state index contributed by atoms with van der Waals surface area (Å²) in [6.07, 6.45) is 1.21. The van der Waals surface area contributed by atoms with Crippen molar-refractivity contribution in [2.75, 3.05) is 13.3 Å². The average Bonchev–Trinajstić information content (AvgIpc) is 2.59. The maximum atomic E-state index is 10.9. The van der Waals surface area contributed by atoms with Crippen LogP contribution in [0.5, 0.6) is 0 Å². The van der Waals surface area contributed by atoms with E-state index in [-0.39, 0.29) is 0 Å². The van der Waals surface area contributed by atoms with Crippen molar-refractivity contribution in [1.29, 1.82) is 5.26 Å². The predicted molar refractivity (Wildman–Crippen MR) is 105 cm³/mol. The van der Waals surface area contributed by atoms with Crippen LogP contribution in [0.4, 0.5) is 0 Å². The summed E-state index contributed by atoms with van der Waals surface area (Å²) in [7, 11) is -1.40. The molecular formula is C20H26N2O2S. The first-order valence-electron chi connectivity index (χ1n) is 7.98. The van der Waals surface area contributed by atoms with Gasteiger partial charge in [0.25, 0.3) is 0 Å². The minimum atomic E-state index is -3.02. The standard InChI is InChI=1S/C10H10N2.C8H10O2S.C2H6/c1-8-3-5-9(6-4-8)10(7-11)12-2;1-7-3-5-8(6-4-7)11(2,9)10;1-2/h3-6H,1-2H3;3-6H,1-2H3;1-2H3. The van der Waals surface area contributed by atoms with Crippen LogP contribution in [-0.4, -0.2) is 27.4 Å². The minimum absolute atomic E-state index is 0.378. The van der Waals surface area contributed by atoms with Gasteiger partial charge < -0.3 is 0 Å². The van der Waals surface area contributed by atoms with E-state index in [1.54, 1.807) is 31.3 Å². The highest BCUT2D eigenvalue weighted by Gasteiger charge is 2.04. The Morgan fingerprint density at radius 2 is 1.32 bits per heavy atom. The molecule has 2 rings (SSSR count). The maximum Gasteiger partial charge on any atom is 0.175 e. The Morgan fingerprint density at radius 3 is 1.64 bits per heavy atom. The molecule has 0 saturated heterocycles. The first-order valence-corrected chi connectivity index (χ1v) is 9.87. The van der Waals surface area contributed by atoms with Crippen molar-refractivity contribution in [2.45, 2.75) is 32.6 Å². The molecule has 0 saturated carbocycles. The predicted octanol–water partition coefficient (Wildman–Crippen LogP) is 4.36. The van der Waals surface area contributed by atoms with Crippen LogP contribution in [-0.2, 0) is 9.84 Å². The summed E-state index contributed by atoms with van der Waals surface area (Å²) in [5.41, 5.74) is 3.62. The highest BCUT2D eigenvalue weighted by molar-refractivity contribution is 7.90. The second-order valence-corrected chi connectivity index (χ2v) is 7.15. The fourth-order valence-corrected chi connectivity index (χ4v) is 2.37. The third-order valence-corrected chi connectivity index (χ3v) is 4.23. The van der Waals surface area contributed by atoms with Gasteiger partial charge in [0.2, 0.25) is 0 Å². The van der Waals surface area contributed by atoms with Gasteiger partial charge in [0.1, 0.15) is 11.8 Å². The lowest BCUT2D eigenvalue weighted by Crippen LogP contribution is -1.95. The lowest BCUT2D eigenvalue weighted by Gasteiger charge is -1.96. The van der Waals surface area contributed by atoms with Crippen molar-refractivity contribution >= 4 is 15.5 Å². The molecule has 5 heteroatoms. The van der Waals surface area contributed by atoms with E-state index in [4.69, 9.17) is 5.26 Å². The topological polar surface area (TPSA) is 70.3 Å². The number of rotatable bonds is 2. The van der Waals surface area contributed by atoms with E-state index in [1.807, 2.05) is 58.0 Å². The van der Waals surface area contributed by atoms with E-state index < -0.39 is 9.84 Å². The van der Waals surface area contributed by atoms with Crippen LogP contribution in [0, 0.1) is 25.2 Å².